The summed E-state index contributed by atoms with van der Waals surface area (Å²) in [6.07, 6.45) is 3.34. The van der Waals surface area contributed by atoms with Gasteiger partial charge in [0.1, 0.15) is 11.5 Å². The van der Waals surface area contributed by atoms with Crippen LogP contribution in [0.15, 0.2) is 82.3 Å². The number of H-pyrrole nitrogens is 1. The summed E-state index contributed by atoms with van der Waals surface area (Å²) in [4.78, 5) is 17.4. The second-order valence-electron chi connectivity index (χ2n) is 8.21. The Morgan fingerprint density at radius 3 is 2.58 bits per heavy atom. The Labute approximate surface area is 214 Å². The first-order valence-electron chi connectivity index (χ1n) is 11.3. The number of rotatable bonds is 7. The van der Waals surface area contributed by atoms with Crippen LogP contribution in [0.1, 0.15) is 18.5 Å². The van der Waals surface area contributed by atoms with E-state index in [0.29, 0.717) is 28.1 Å². The highest BCUT2D eigenvalue weighted by atomic mass is 79.9. The summed E-state index contributed by atoms with van der Waals surface area (Å²) < 4.78 is 21.3. The molecule has 0 spiro atoms. The predicted molar refractivity (Wildman–Crippen MR) is 140 cm³/mol. The van der Waals surface area contributed by atoms with Gasteiger partial charge in [0, 0.05) is 39.9 Å². The monoisotopic (exact) mass is 548 g/mol. The summed E-state index contributed by atoms with van der Waals surface area (Å²) in [7, 11) is 0. The van der Waals surface area contributed by atoms with Gasteiger partial charge in [0.2, 0.25) is 5.88 Å². The number of ether oxygens (including phenoxy) is 1. The molecule has 0 radical (unpaired) electrons. The third-order valence-electron chi connectivity index (χ3n) is 5.92. The lowest BCUT2D eigenvalue weighted by molar-refractivity contribution is 0.246. The lowest BCUT2D eigenvalue weighted by Crippen LogP contribution is -2.27. The number of hydrogen-bond donors (Lipinski definition) is 2. The van der Waals surface area contributed by atoms with Crippen LogP contribution >= 0.6 is 15.9 Å². The molecule has 7 nitrogen and oxygen atoms in total. The fraction of sp³-hybridized carbons (Fsp3) is 0.148. The Morgan fingerprint density at radius 1 is 1.08 bits per heavy atom. The third-order valence-corrected chi connectivity index (χ3v) is 6.38. The molecule has 0 amide bonds. The molecule has 2 aromatic carbocycles. The molecule has 0 unspecified atom stereocenters. The van der Waals surface area contributed by atoms with Crippen molar-refractivity contribution in [3.63, 3.8) is 0 Å². The van der Waals surface area contributed by atoms with Crippen LogP contribution in [-0.2, 0) is 0 Å². The third kappa shape index (κ3) is 4.67. The van der Waals surface area contributed by atoms with E-state index in [1.807, 2.05) is 31.2 Å². The quantitative estimate of drug-likeness (QED) is 0.286. The van der Waals surface area contributed by atoms with Gasteiger partial charge < -0.3 is 14.4 Å². The van der Waals surface area contributed by atoms with E-state index in [4.69, 9.17) is 4.74 Å². The van der Waals surface area contributed by atoms with Gasteiger partial charge in [-0.25, -0.2) is 9.37 Å². The zero-order valence-electron chi connectivity index (χ0n) is 19.3. The molecule has 3 aromatic heterocycles. The molecule has 0 fully saturated rings. The lowest BCUT2D eigenvalue weighted by Gasteiger charge is -2.19. The summed E-state index contributed by atoms with van der Waals surface area (Å²) in [6.45, 7) is 2.09. The average Bonchev–Trinajstić information content (AvgIpc) is 3.29. The van der Waals surface area contributed by atoms with Crippen molar-refractivity contribution in [2.45, 2.75) is 13.0 Å². The SMILES string of the molecule is CCOc1ccc(-c2n[nH]c3ccc(-c4ccn([C@H](CO)c5cc(F)cc(Br)c5)c(=O)c4)cc23)cn1. The van der Waals surface area contributed by atoms with Gasteiger partial charge in [0.05, 0.1) is 24.8 Å². The number of pyridine rings is 2. The van der Waals surface area contributed by atoms with Crippen molar-refractivity contribution in [2.24, 2.45) is 0 Å². The number of benzene rings is 2. The van der Waals surface area contributed by atoms with Gasteiger partial charge in [-0.15, -0.1) is 0 Å². The van der Waals surface area contributed by atoms with Crippen molar-refractivity contribution in [3.05, 3.63) is 99.3 Å². The van der Waals surface area contributed by atoms with Crippen molar-refractivity contribution in [1.29, 1.82) is 0 Å². The zero-order valence-corrected chi connectivity index (χ0v) is 20.9. The molecule has 0 aliphatic heterocycles. The van der Waals surface area contributed by atoms with Crippen LogP contribution < -0.4 is 10.3 Å². The second-order valence-corrected chi connectivity index (χ2v) is 9.13. The number of aliphatic hydroxyl groups is 1. The number of hydrogen-bond acceptors (Lipinski definition) is 5. The number of aliphatic hydroxyl groups excluding tert-OH is 1. The van der Waals surface area contributed by atoms with Crippen molar-refractivity contribution in [3.8, 4) is 28.3 Å². The summed E-state index contributed by atoms with van der Waals surface area (Å²) in [5.41, 5.74) is 4.17. The molecule has 182 valence electrons. The normalized spacial score (nSPS) is 12.1. The van der Waals surface area contributed by atoms with E-state index >= 15 is 0 Å². The highest BCUT2D eigenvalue weighted by Gasteiger charge is 2.17. The van der Waals surface area contributed by atoms with Gasteiger partial charge in [-0.05, 0) is 66.1 Å². The van der Waals surface area contributed by atoms with Crippen LogP contribution in [-0.4, -0.2) is 38.1 Å². The molecule has 2 N–H and O–H groups in total. The van der Waals surface area contributed by atoms with E-state index < -0.39 is 11.9 Å². The average molecular weight is 549 g/mol. The Balaban J connectivity index is 1.50. The van der Waals surface area contributed by atoms with E-state index in [1.54, 1.807) is 30.6 Å². The van der Waals surface area contributed by atoms with E-state index in [0.717, 1.165) is 27.7 Å². The van der Waals surface area contributed by atoms with Gasteiger partial charge in [-0.1, -0.05) is 22.0 Å². The molecule has 0 aliphatic rings. The largest absolute Gasteiger partial charge is 0.478 e. The lowest BCUT2D eigenvalue weighted by atomic mass is 10.0. The molecule has 0 saturated heterocycles. The van der Waals surface area contributed by atoms with Crippen LogP contribution in [0.2, 0.25) is 0 Å². The first-order chi connectivity index (χ1) is 17.5. The molecule has 5 aromatic rings. The minimum absolute atomic E-state index is 0.310. The molecule has 0 aliphatic carbocycles. The summed E-state index contributed by atoms with van der Waals surface area (Å²) in [5.74, 6) is 0.101. The van der Waals surface area contributed by atoms with Crippen molar-refractivity contribution in [1.82, 2.24) is 19.7 Å². The zero-order chi connectivity index (χ0) is 25.2. The van der Waals surface area contributed by atoms with Crippen LogP contribution in [0, 0.1) is 5.82 Å². The maximum absolute atomic E-state index is 13.9. The molecule has 36 heavy (non-hydrogen) atoms. The molecular weight excluding hydrogens is 527 g/mol. The molecule has 5 rings (SSSR count). The van der Waals surface area contributed by atoms with Crippen molar-refractivity contribution in [2.75, 3.05) is 13.2 Å². The first kappa shape index (κ1) is 23.9. The number of aromatic amines is 1. The molecule has 3 heterocycles. The Bertz CT molecular complexity index is 1580. The highest BCUT2D eigenvalue weighted by Crippen LogP contribution is 2.31. The van der Waals surface area contributed by atoms with Crippen LogP contribution in [0.3, 0.4) is 0 Å². The standard InChI is InChI=1S/C27H22BrFN4O3/c1-2-36-25-6-4-18(14-30-25)27-22-11-16(3-5-23(22)31-32-27)17-7-8-33(26(35)12-17)24(15-34)19-9-20(28)13-21(29)10-19/h3-14,24,34H,2,15H2,1H3,(H,31,32)/t24-/m1/s1. The smallest absolute Gasteiger partial charge is 0.251 e. The number of aromatic nitrogens is 4. The van der Waals surface area contributed by atoms with Gasteiger partial charge in [0.25, 0.3) is 5.56 Å². The van der Waals surface area contributed by atoms with Crippen LogP contribution in [0.5, 0.6) is 5.88 Å². The van der Waals surface area contributed by atoms with E-state index in [9.17, 15) is 14.3 Å². The van der Waals surface area contributed by atoms with Crippen molar-refractivity contribution < 1.29 is 14.2 Å². The second kappa shape index (κ2) is 10.0. The summed E-state index contributed by atoms with van der Waals surface area (Å²) in [5, 5.41) is 18.4. The highest BCUT2D eigenvalue weighted by molar-refractivity contribution is 9.10. The van der Waals surface area contributed by atoms with E-state index in [-0.39, 0.29) is 12.2 Å². The first-order valence-corrected chi connectivity index (χ1v) is 12.1. The van der Waals surface area contributed by atoms with Crippen LogP contribution in [0.25, 0.3) is 33.3 Å². The molecule has 1 atom stereocenters. The topological polar surface area (TPSA) is 93.0 Å². The number of nitrogens with one attached hydrogen (secondary N) is 1. The minimum Gasteiger partial charge on any atom is -0.478 e. The van der Waals surface area contributed by atoms with Gasteiger partial charge in [-0.2, -0.15) is 5.10 Å². The molecular formula is C27H22BrFN4O3. The fourth-order valence-corrected chi connectivity index (χ4v) is 4.70. The van der Waals surface area contributed by atoms with Crippen LogP contribution in [0.4, 0.5) is 4.39 Å². The Kier molecular flexibility index (Phi) is 6.67. The number of nitrogens with zero attached hydrogens (tertiary/aromatic N) is 3. The fourth-order valence-electron chi connectivity index (χ4n) is 4.22. The maximum Gasteiger partial charge on any atom is 0.251 e. The predicted octanol–water partition coefficient (Wildman–Crippen LogP) is 5.34. The van der Waals surface area contributed by atoms with E-state index in [1.165, 1.54) is 22.8 Å². The van der Waals surface area contributed by atoms with E-state index in [2.05, 4.69) is 31.1 Å². The maximum atomic E-state index is 13.9. The molecule has 0 saturated carbocycles. The minimum atomic E-state index is -0.714. The number of halogens is 2. The van der Waals surface area contributed by atoms with Gasteiger partial charge in [-0.3, -0.25) is 9.89 Å². The Hall–Kier alpha value is -3.82. The number of fused-ring (bicyclic) bond motifs is 1. The summed E-state index contributed by atoms with van der Waals surface area (Å²) >= 11 is 3.27. The Morgan fingerprint density at radius 2 is 1.89 bits per heavy atom. The summed E-state index contributed by atoms with van der Waals surface area (Å²) in [6, 6.07) is 16.4. The molecule has 9 heteroatoms. The van der Waals surface area contributed by atoms with Gasteiger partial charge in [0.15, 0.2) is 0 Å². The van der Waals surface area contributed by atoms with Crippen molar-refractivity contribution >= 4 is 26.8 Å². The van der Waals surface area contributed by atoms with Gasteiger partial charge >= 0.3 is 0 Å². The molecule has 0 bridgehead atoms.